The molecule has 0 aromatic heterocycles. The van der Waals surface area contributed by atoms with Gasteiger partial charge < -0.3 is 10.5 Å². The van der Waals surface area contributed by atoms with Crippen LogP contribution < -0.4 is 10.5 Å². The second kappa shape index (κ2) is 4.52. The van der Waals surface area contributed by atoms with Crippen molar-refractivity contribution in [2.45, 2.75) is 12.4 Å². The van der Waals surface area contributed by atoms with E-state index in [0.717, 1.165) is 18.2 Å². The molecular formula is C10H9F4NO. The molecule has 2 N–H and O–H groups in total. The minimum Gasteiger partial charge on any atom is -0.406 e. The normalized spacial score (nSPS) is 13.3. The molecule has 0 heterocycles. The average Bonchev–Trinajstić information content (AvgIpc) is 2.18. The van der Waals surface area contributed by atoms with E-state index < -0.39 is 24.0 Å². The van der Waals surface area contributed by atoms with Gasteiger partial charge in [0.25, 0.3) is 0 Å². The molecule has 2 nitrogen and oxygen atoms in total. The van der Waals surface area contributed by atoms with Crippen molar-refractivity contribution >= 4 is 0 Å². The summed E-state index contributed by atoms with van der Waals surface area (Å²) in [6, 6.07) is 1.76. The zero-order chi connectivity index (χ0) is 12.3. The summed E-state index contributed by atoms with van der Waals surface area (Å²) < 4.78 is 52.5. The van der Waals surface area contributed by atoms with Crippen LogP contribution in [0.25, 0.3) is 0 Å². The summed E-state index contributed by atoms with van der Waals surface area (Å²) >= 11 is 0. The summed E-state index contributed by atoms with van der Waals surface area (Å²) in [4.78, 5) is 0. The number of halogens is 4. The number of alkyl halides is 3. The average molecular weight is 235 g/mol. The Morgan fingerprint density at radius 1 is 1.38 bits per heavy atom. The van der Waals surface area contributed by atoms with Crippen molar-refractivity contribution in [2.75, 3.05) is 0 Å². The fourth-order valence-corrected chi connectivity index (χ4v) is 1.10. The van der Waals surface area contributed by atoms with E-state index in [-0.39, 0.29) is 5.56 Å². The van der Waals surface area contributed by atoms with E-state index in [4.69, 9.17) is 5.73 Å². The second-order valence-corrected chi connectivity index (χ2v) is 2.99. The molecule has 0 aliphatic carbocycles. The van der Waals surface area contributed by atoms with Gasteiger partial charge in [0.1, 0.15) is 11.6 Å². The highest BCUT2D eigenvalue weighted by Crippen LogP contribution is 2.26. The van der Waals surface area contributed by atoms with Crippen molar-refractivity contribution in [3.8, 4) is 5.75 Å². The van der Waals surface area contributed by atoms with Crippen molar-refractivity contribution in [2.24, 2.45) is 5.73 Å². The first-order chi connectivity index (χ1) is 7.33. The van der Waals surface area contributed by atoms with Crippen LogP contribution in [0.5, 0.6) is 5.75 Å². The number of hydrogen-bond acceptors (Lipinski definition) is 2. The van der Waals surface area contributed by atoms with E-state index in [2.05, 4.69) is 11.3 Å². The fourth-order valence-electron chi connectivity index (χ4n) is 1.10. The van der Waals surface area contributed by atoms with Crippen molar-refractivity contribution in [1.82, 2.24) is 0 Å². The smallest absolute Gasteiger partial charge is 0.406 e. The minimum absolute atomic E-state index is 0.100. The molecule has 1 aromatic rings. The number of nitrogens with two attached hydrogens (primary N) is 1. The van der Waals surface area contributed by atoms with Crippen LogP contribution in [-0.2, 0) is 0 Å². The third-order valence-electron chi connectivity index (χ3n) is 1.81. The molecule has 0 aliphatic heterocycles. The molecule has 16 heavy (non-hydrogen) atoms. The predicted octanol–water partition coefficient (Wildman–Crippen LogP) is 2.91. The largest absolute Gasteiger partial charge is 0.573 e. The molecule has 0 bridgehead atoms. The third kappa shape index (κ3) is 3.23. The third-order valence-corrected chi connectivity index (χ3v) is 1.81. The van der Waals surface area contributed by atoms with E-state index in [1.54, 1.807) is 0 Å². The Morgan fingerprint density at radius 2 is 2.00 bits per heavy atom. The van der Waals surface area contributed by atoms with Gasteiger partial charge in [-0.05, 0) is 18.2 Å². The van der Waals surface area contributed by atoms with Crippen LogP contribution in [0.2, 0.25) is 0 Å². The van der Waals surface area contributed by atoms with Gasteiger partial charge in [-0.3, -0.25) is 0 Å². The summed E-state index contributed by atoms with van der Waals surface area (Å²) in [7, 11) is 0. The topological polar surface area (TPSA) is 35.2 Å². The van der Waals surface area contributed by atoms with Crippen LogP contribution in [0.4, 0.5) is 17.6 Å². The van der Waals surface area contributed by atoms with Gasteiger partial charge in [-0.15, -0.1) is 19.8 Å². The number of rotatable bonds is 3. The van der Waals surface area contributed by atoms with Gasteiger partial charge in [-0.25, -0.2) is 4.39 Å². The van der Waals surface area contributed by atoms with Crippen LogP contribution in [0, 0.1) is 5.82 Å². The van der Waals surface area contributed by atoms with Crippen molar-refractivity contribution < 1.29 is 22.3 Å². The molecule has 1 atom stereocenters. The molecule has 0 amide bonds. The molecule has 1 aromatic carbocycles. The number of hydrogen-bond donors (Lipinski definition) is 1. The van der Waals surface area contributed by atoms with Crippen molar-refractivity contribution in [1.29, 1.82) is 0 Å². The van der Waals surface area contributed by atoms with E-state index in [1.807, 2.05) is 0 Å². The second-order valence-electron chi connectivity index (χ2n) is 2.99. The Kier molecular flexibility index (Phi) is 3.54. The van der Waals surface area contributed by atoms with Gasteiger partial charge in [0.15, 0.2) is 0 Å². The first-order valence-corrected chi connectivity index (χ1v) is 4.27. The maximum atomic E-state index is 13.2. The Hall–Kier alpha value is -1.56. The molecule has 88 valence electrons. The summed E-state index contributed by atoms with van der Waals surface area (Å²) in [5.74, 6) is -1.22. The molecule has 0 radical (unpaired) electrons. The lowest BCUT2D eigenvalue weighted by Crippen LogP contribution is -2.18. The van der Waals surface area contributed by atoms with Gasteiger partial charge >= 0.3 is 6.36 Å². The summed E-state index contributed by atoms with van der Waals surface area (Å²) in [6.07, 6.45) is -3.59. The van der Waals surface area contributed by atoms with E-state index in [1.165, 1.54) is 6.08 Å². The fraction of sp³-hybridized carbons (Fsp3) is 0.200. The van der Waals surface area contributed by atoms with Gasteiger partial charge in [-0.1, -0.05) is 6.08 Å². The summed E-state index contributed by atoms with van der Waals surface area (Å²) in [5, 5.41) is 0. The first-order valence-electron chi connectivity index (χ1n) is 4.27. The van der Waals surface area contributed by atoms with Gasteiger partial charge in [0.05, 0.1) is 6.04 Å². The van der Waals surface area contributed by atoms with Crippen LogP contribution >= 0.6 is 0 Å². The van der Waals surface area contributed by atoms with Crippen LogP contribution in [0.15, 0.2) is 30.9 Å². The number of benzene rings is 1. The zero-order valence-electron chi connectivity index (χ0n) is 8.09. The van der Waals surface area contributed by atoms with Gasteiger partial charge in [0.2, 0.25) is 0 Å². The molecule has 6 heteroatoms. The SMILES string of the molecule is C=C[C@H](N)c1cc(OC(F)(F)F)ccc1F. The summed E-state index contributed by atoms with van der Waals surface area (Å²) in [5.41, 5.74) is 5.33. The van der Waals surface area contributed by atoms with Gasteiger partial charge in [-0.2, -0.15) is 0 Å². The number of ether oxygens (including phenoxy) is 1. The van der Waals surface area contributed by atoms with E-state index >= 15 is 0 Å². The first kappa shape index (κ1) is 12.5. The highest BCUT2D eigenvalue weighted by Gasteiger charge is 2.31. The highest BCUT2D eigenvalue weighted by molar-refractivity contribution is 5.33. The molecule has 0 fully saturated rings. The molecule has 0 saturated heterocycles. The Bertz CT molecular complexity index is 389. The molecular weight excluding hydrogens is 226 g/mol. The molecule has 0 spiro atoms. The Labute approximate surface area is 89.3 Å². The highest BCUT2D eigenvalue weighted by atomic mass is 19.4. The van der Waals surface area contributed by atoms with Crippen molar-refractivity contribution in [3.05, 3.63) is 42.2 Å². The minimum atomic E-state index is -4.81. The Morgan fingerprint density at radius 3 is 2.50 bits per heavy atom. The summed E-state index contributed by atoms with van der Waals surface area (Å²) in [6.45, 7) is 3.33. The lowest BCUT2D eigenvalue weighted by molar-refractivity contribution is -0.274. The molecule has 1 rings (SSSR count). The zero-order valence-corrected chi connectivity index (χ0v) is 8.09. The lowest BCUT2D eigenvalue weighted by Gasteiger charge is -2.12. The van der Waals surface area contributed by atoms with E-state index in [9.17, 15) is 17.6 Å². The predicted molar refractivity (Wildman–Crippen MR) is 50.2 cm³/mol. The van der Waals surface area contributed by atoms with Crippen LogP contribution in [0.3, 0.4) is 0 Å². The lowest BCUT2D eigenvalue weighted by atomic mass is 10.1. The quantitative estimate of drug-likeness (QED) is 0.645. The molecule has 0 aliphatic rings. The van der Waals surface area contributed by atoms with Crippen molar-refractivity contribution in [3.63, 3.8) is 0 Å². The molecule has 0 saturated carbocycles. The molecule has 0 unspecified atom stereocenters. The maximum Gasteiger partial charge on any atom is 0.573 e. The maximum absolute atomic E-state index is 13.2. The van der Waals surface area contributed by atoms with Crippen LogP contribution in [-0.4, -0.2) is 6.36 Å². The van der Waals surface area contributed by atoms with E-state index in [0.29, 0.717) is 0 Å². The monoisotopic (exact) mass is 235 g/mol. The van der Waals surface area contributed by atoms with Gasteiger partial charge in [0, 0.05) is 5.56 Å². The standard InChI is InChI=1S/C10H9F4NO/c1-2-9(15)7-5-6(3-4-8(7)11)16-10(12,13)14/h2-5,9H,1,15H2/t9-/m0/s1. The Balaban J connectivity index is 3.03. The van der Waals surface area contributed by atoms with Crippen LogP contribution in [0.1, 0.15) is 11.6 Å².